The highest BCUT2D eigenvalue weighted by Gasteiger charge is 2.20. The van der Waals surface area contributed by atoms with Gasteiger partial charge in [0.05, 0.1) is 15.0 Å². The van der Waals surface area contributed by atoms with E-state index in [1.165, 1.54) is 6.07 Å². The summed E-state index contributed by atoms with van der Waals surface area (Å²) in [6, 6.07) is 6.07. The molecule has 0 aliphatic heterocycles. The Morgan fingerprint density at radius 3 is 2.24 bits per heavy atom. The molecule has 0 aromatic heterocycles. The molecular formula is C15H12Br2F3N. The summed E-state index contributed by atoms with van der Waals surface area (Å²) in [5.41, 5.74) is 0.821. The maximum Gasteiger partial charge on any atom is 0.137 e. The van der Waals surface area contributed by atoms with E-state index < -0.39 is 23.5 Å². The minimum absolute atomic E-state index is 0.0688. The minimum Gasteiger partial charge on any atom is -0.306 e. The van der Waals surface area contributed by atoms with Crippen LogP contribution in [-0.4, -0.2) is 6.54 Å². The SMILES string of the molecule is CCNC(c1ccc(F)c(Br)c1)c1cc(F)c(Br)cc1F. The molecule has 2 aromatic carbocycles. The van der Waals surface area contributed by atoms with Crippen molar-refractivity contribution in [3.05, 3.63) is 67.9 Å². The second-order valence-corrected chi connectivity index (χ2v) is 6.16. The first-order valence-corrected chi connectivity index (χ1v) is 7.85. The van der Waals surface area contributed by atoms with E-state index in [1.807, 2.05) is 6.92 Å². The highest BCUT2D eigenvalue weighted by molar-refractivity contribution is 9.10. The number of rotatable bonds is 4. The molecule has 112 valence electrons. The van der Waals surface area contributed by atoms with Gasteiger partial charge in [0.2, 0.25) is 0 Å². The van der Waals surface area contributed by atoms with Gasteiger partial charge >= 0.3 is 0 Å². The van der Waals surface area contributed by atoms with Crippen LogP contribution in [0.3, 0.4) is 0 Å². The van der Waals surface area contributed by atoms with Crippen molar-refractivity contribution in [3.8, 4) is 0 Å². The van der Waals surface area contributed by atoms with Crippen LogP contribution in [0.25, 0.3) is 0 Å². The fraction of sp³-hybridized carbons (Fsp3) is 0.200. The van der Waals surface area contributed by atoms with Gasteiger partial charge in [0, 0.05) is 5.56 Å². The number of halogens is 5. The molecule has 1 N–H and O–H groups in total. The molecule has 0 saturated heterocycles. The van der Waals surface area contributed by atoms with E-state index in [9.17, 15) is 13.2 Å². The van der Waals surface area contributed by atoms with Crippen LogP contribution in [0.2, 0.25) is 0 Å². The zero-order valence-electron chi connectivity index (χ0n) is 11.1. The second kappa shape index (κ2) is 6.94. The van der Waals surface area contributed by atoms with Crippen LogP contribution in [0.1, 0.15) is 24.1 Å². The average molecular weight is 423 g/mol. The van der Waals surface area contributed by atoms with Crippen LogP contribution in [0.5, 0.6) is 0 Å². The van der Waals surface area contributed by atoms with Gasteiger partial charge in [-0.1, -0.05) is 13.0 Å². The topological polar surface area (TPSA) is 12.0 Å². The molecule has 6 heteroatoms. The Hall–Kier alpha value is -0.850. The van der Waals surface area contributed by atoms with Crippen molar-refractivity contribution < 1.29 is 13.2 Å². The van der Waals surface area contributed by atoms with Gasteiger partial charge in [-0.2, -0.15) is 0 Å². The normalized spacial score (nSPS) is 12.5. The van der Waals surface area contributed by atoms with E-state index in [-0.39, 0.29) is 14.5 Å². The molecule has 0 aliphatic carbocycles. The van der Waals surface area contributed by atoms with Crippen molar-refractivity contribution in [2.75, 3.05) is 6.54 Å². The van der Waals surface area contributed by atoms with Crippen molar-refractivity contribution in [1.29, 1.82) is 0 Å². The third-order valence-electron chi connectivity index (χ3n) is 3.04. The molecule has 0 radical (unpaired) electrons. The van der Waals surface area contributed by atoms with Crippen LogP contribution >= 0.6 is 31.9 Å². The van der Waals surface area contributed by atoms with E-state index in [0.29, 0.717) is 12.1 Å². The third-order valence-corrected chi connectivity index (χ3v) is 4.25. The molecular weight excluding hydrogens is 411 g/mol. The van der Waals surface area contributed by atoms with Crippen molar-refractivity contribution >= 4 is 31.9 Å². The fourth-order valence-corrected chi connectivity index (χ4v) is 2.77. The van der Waals surface area contributed by atoms with Gasteiger partial charge in [0.15, 0.2) is 0 Å². The predicted molar refractivity (Wildman–Crippen MR) is 83.7 cm³/mol. The predicted octanol–water partition coefficient (Wildman–Crippen LogP) is 5.33. The van der Waals surface area contributed by atoms with Crippen molar-refractivity contribution in [2.24, 2.45) is 0 Å². The quantitative estimate of drug-likeness (QED) is 0.656. The zero-order chi connectivity index (χ0) is 15.6. The number of hydrogen-bond donors (Lipinski definition) is 1. The summed E-state index contributed by atoms with van der Waals surface area (Å²) < 4.78 is 41.5. The second-order valence-electron chi connectivity index (χ2n) is 4.45. The Kier molecular flexibility index (Phi) is 5.46. The first-order chi connectivity index (χ1) is 9.93. The summed E-state index contributed by atoms with van der Waals surface area (Å²) >= 11 is 6.06. The molecule has 0 spiro atoms. The number of hydrogen-bond acceptors (Lipinski definition) is 1. The van der Waals surface area contributed by atoms with E-state index in [4.69, 9.17) is 0 Å². The lowest BCUT2D eigenvalue weighted by atomic mass is 9.98. The molecule has 2 rings (SSSR count). The molecule has 0 bridgehead atoms. The van der Waals surface area contributed by atoms with Gasteiger partial charge in [0.25, 0.3) is 0 Å². The van der Waals surface area contributed by atoms with Crippen LogP contribution in [0, 0.1) is 17.5 Å². The van der Waals surface area contributed by atoms with E-state index in [0.717, 1.165) is 12.1 Å². The number of nitrogens with one attached hydrogen (secondary N) is 1. The van der Waals surface area contributed by atoms with Crippen molar-refractivity contribution in [2.45, 2.75) is 13.0 Å². The van der Waals surface area contributed by atoms with Gasteiger partial charge in [-0.25, -0.2) is 13.2 Å². The van der Waals surface area contributed by atoms with Crippen LogP contribution in [0.15, 0.2) is 39.3 Å². The lowest BCUT2D eigenvalue weighted by Gasteiger charge is -2.20. The smallest absolute Gasteiger partial charge is 0.137 e. The fourth-order valence-electron chi connectivity index (χ4n) is 2.06. The molecule has 1 nitrogen and oxygen atoms in total. The summed E-state index contributed by atoms with van der Waals surface area (Å²) in [6.45, 7) is 2.41. The van der Waals surface area contributed by atoms with Crippen LogP contribution in [0.4, 0.5) is 13.2 Å². The zero-order valence-corrected chi connectivity index (χ0v) is 14.2. The number of benzene rings is 2. The van der Waals surface area contributed by atoms with E-state index in [1.54, 1.807) is 12.1 Å². The largest absolute Gasteiger partial charge is 0.306 e. The van der Waals surface area contributed by atoms with Crippen molar-refractivity contribution in [1.82, 2.24) is 5.32 Å². The van der Waals surface area contributed by atoms with E-state index in [2.05, 4.69) is 37.2 Å². The Labute approximate surface area is 137 Å². The summed E-state index contributed by atoms with van der Waals surface area (Å²) in [6.07, 6.45) is 0. The van der Waals surface area contributed by atoms with E-state index >= 15 is 0 Å². The Bertz CT molecular complexity index is 662. The maximum atomic E-state index is 14.1. The van der Waals surface area contributed by atoms with Gasteiger partial charge in [-0.05, 0) is 68.2 Å². The van der Waals surface area contributed by atoms with Crippen LogP contribution in [-0.2, 0) is 0 Å². The van der Waals surface area contributed by atoms with Gasteiger partial charge < -0.3 is 5.32 Å². The van der Waals surface area contributed by atoms with Gasteiger partial charge in [0.1, 0.15) is 17.5 Å². The highest BCUT2D eigenvalue weighted by atomic mass is 79.9. The first-order valence-electron chi connectivity index (χ1n) is 6.26. The lowest BCUT2D eigenvalue weighted by Crippen LogP contribution is -2.23. The van der Waals surface area contributed by atoms with Gasteiger partial charge in [-0.15, -0.1) is 0 Å². The maximum absolute atomic E-state index is 14.1. The summed E-state index contributed by atoms with van der Waals surface area (Å²) in [5.74, 6) is -1.48. The van der Waals surface area contributed by atoms with Crippen molar-refractivity contribution in [3.63, 3.8) is 0 Å². The standard InChI is InChI=1S/C15H12Br2F3N/c1-2-21-15(8-3-4-12(18)10(16)5-8)9-6-14(20)11(17)7-13(9)19/h3-7,15,21H,2H2,1H3. The molecule has 1 atom stereocenters. The molecule has 0 aliphatic rings. The molecule has 1 unspecified atom stereocenters. The Morgan fingerprint density at radius 2 is 1.62 bits per heavy atom. The molecule has 0 fully saturated rings. The molecule has 2 aromatic rings. The molecule has 0 saturated carbocycles. The van der Waals surface area contributed by atoms with Gasteiger partial charge in [-0.3, -0.25) is 0 Å². The first kappa shape index (κ1) is 16.5. The minimum atomic E-state index is -0.561. The average Bonchev–Trinajstić information content (AvgIpc) is 2.44. The Morgan fingerprint density at radius 1 is 0.952 bits per heavy atom. The molecule has 0 heterocycles. The summed E-state index contributed by atoms with van der Waals surface area (Å²) in [5, 5.41) is 3.08. The Balaban J connectivity index is 2.52. The summed E-state index contributed by atoms with van der Waals surface area (Å²) in [4.78, 5) is 0. The summed E-state index contributed by atoms with van der Waals surface area (Å²) in [7, 11) is 0. The van der Waals surface area contributed by atoms with Crippen LogP contribution < -0.4 is 5.32 Å². The third kappa shape index (κ3) is 3.67. The highest BCUT2D eigenvalue weighted by Crippen LogP contribution is 2.30. The monoisotopic (exact) mass is 421 g/mol. The molecule has 0 amide bonds. The lowest BCUT2D eigenvalue weighted by molar-refractivity contribution is 0.541. The molecule has 21 heavy (non-hydrogen) atoms.